The van der Waals surface area contributed by atoms with Gasteiger partial charge in [-0.05, 0) is 50.8 Å². The molecule has 1 fully saturated rings. The number of cyclic esters (lactones) is 1. The zero-order chi connectivity index (χ0) is 24.0. The number of hydrogen-bond acceptors (Lipinski definition) is 6. The van der Waals surface area contributed by atoms with Crippen LogP contribution in [0.15, 0.2) is 48.5 Å². The van der Waals surface area contributed by atoms with Gasteiger partial charge in [0.15, 0.2) is 0 Å². The van der Waals surface area contributed by atoms with Gasteiger partial charge in [-0.15, -0.1) is 0 Å². The first kappa shape index (κ1) is 24.4. The predicted molar refractivity (Wildman–Crippen MR) is 124 cm³/mol. The van der Waals surface area contributed by atoms with E-state index in [1.165, 1.54) is 0 Å². The molecule has 0 bridgehead atoms. The van der Waals surface area contributed by atoms with Gasteiger partial charge in [0, 0.05) is 18.0 Å². The Morgan fingerprint density at radius 3 is 2.48 bits per heavy atom. The largest absolute Gasteiger partial charge is 0.497 e. The summed E-state index contributed by atoms with van der Waals surface area (Å²) >= 11 is 0. The average Bonchev–Trinajstić information content (AvgIpc) is 3.13. The smallest absolute Gasteiger partial charge is 0.407 e. The van der Waals surface area contributed by atoms with Crippen LogP contribution in [0.2, 0.25) is 0 Å². The van der Waals surface area contributed by atoms with Crippen LogP contribution in [-0.4, -0.2) is 44.5 Å². The summed E-state index contributed by atoms with van der Waals surface area (Å²) in [6.07, 6.45) is 0.471. The number of amides is 1. The summed E-state index contributed by atoms with van der Waals surface area (Å²) < 4.78 is 21.8. The molecule has 1 N–H and O–H groups in total. The lowest BCUT2D eigenvalue weighted by atomic mass is 9.81. The monoisotopic (exact) mass is 455 g/mol. The zero-order valence-electron chi connectivity index (χ0n) is 19.9. The van der Waals surface area contributed by atoms with Gasteiger partial charge < -0.3 is 24.3 Å². The lowest BCUT2D eigenvalue weighted by molar-refractivity contribution is -0.141. The number of esters is 1. The fourth-order valence-electron chi connectivity index (χ4n) is 4.10. The number of carbonyl (C=O) groups excluding carboxylic acids is 2. The maximum absolute atomic E-state index is 12.8. The number of carbonyl (C=O) groups is 2. The number of hydrogen-bond donors (Lipinski definition) is 1. The lowest BCUT2D eigenvalue weighted by Gasteiger charge is -2.29. The number of nitrogens with one attached hydrogen (secondary N) is 1. The van der Waals surface area contributed by atoms with Gasteiger partial charge in [-0.25, -0.2) is 4.79 Å². The van der Waals surface area contributed by atoms with Crippen LogP contribution in [0.25, 0.3) is 0 Å². The topological polar surface area (TPSA) is 83.1 Å². The molecule has 1 aliphatic heterocycles. The van der Waals surface area contributed by atoms with Crippen LogP contribution >= 0.6 is 0 Å². The summed E-state index contributed by atoms with van der Waals surface area (Å²) in [5.41, 5.74) is 1.31. The van der Waals surface area contributed by atoms with Crippen LogP contribution in [0.1, 0.15) is 31.9 Å². The van der Waals surface area contributed by atoms with Gasteiger partial charge >= 0.3 is 12.1 Å². The lowest BCUT2D eigenvalue weighted by Crippen LogP contribution is -2.46. The molecule has 0 spiro atoms. The van der Waals surface area contributed by atoms with Crippen molar-refractivity contribution in [2.75, 3.05) is 20.8 Å². The average molecular weight is 456 g/mol. The first-order chi connectivity index (χ1) is 15.7. The Morgan fingerprint density at radius 2 is 1.85 bits per heavy atom. The Labute approximate surface area is 195 Å². The fraction of sp³-hybridized carbons (Fsp3) is 0.462. The van der Waals surface area contributed by atoms with E-state index >= 15 is 0 Å². The van der Waals surface area contributed by atoms with E-state index in [9.17, 15) is 9.59 Å². The van der Waals surface area contributed by atoms with Crippen molar-refractivity contribution in [3.63, 3.8) is 0 Å². The summed E-state index contributed by atoms with van der Waals surface area (Å²) in [5.74, 6) is 0.386. The molecule has 0 aromatic heterocycles. The minimum Gasteiger partial charge on any atom is -0.497 e. The number of ether oxygens (including phenoxy) is 4. The molecule has 2 aromatic carbocycles. The molecule has 1 heterocycles. The second-order valence-electron chi connectivity index (χ2n) is 9.22. The first-order valence-corrected chi connectivity index (χ1v) is 11.1. The normalized spacial score (nSPS) is 18.9. The maximum atomic E-state index is 12.8. The SMILES string of the molecule is COc1ccc(C[C@H]2C(=O)OCC2[C@H](Cc2ccccc2)NC(=O)OC(C)(C)C)c(OC)c1. The van der Waals surface area contributed by atoms with Gasteiger partial charge in [-0.1, -0.05) is 36.4 Å². The molecular weight excluding hydrogens is 422 g/mol. The minimum absolute atomic E-state index is 0.225. The predicted octanol–water partition coefficient (Wildman–Crippen LogP) is 4.17. The van der Waals surface area contributed by atoms with Crippen LogP contribution in [0, 0.1) is 11.8 Å². The third kappa shape index (κ3) is 6.63. The van der Waals surface area contributed by atoms with Crippen molar-refractivity contribution in [3.05, 3.63) is 59.7 Å². The van der Waals surface area contributed by atoms with Crippen molar-refractivity contribution < 1.29 is 28.5 Å². The summed E-state index contributed by atoms with van der Waals surface area (Å²) in [5, 5.41) is 3.00. The van der Waals surface area contributed by atoms with E-state index in [4.69, 9.17) is 18.9 Å². The molecule has 7 nitrogen and oxygen atoms in total. The van der Waals surface area contributed by atoms with E-state index in [0.717, 1.165) is 11.1 Å². The molecule has 7 heteroatoms. The highest BCUT2D eigenvalue weighted by molar-refractivity contribution is 5.76. The van der Waals surface area contributed by atoms with Gasteiger partial charge in [0.2, 0.25) is 0 Å². The first-order valence-electron chi connectivity index (χ1n) is 11.1. The molecule has 3 rings (SSSR count). The molecule has 33 heavy (non-hydrogen) atoms. The van der Waals surface area contributed by atoms with E-state index in [0.29, 0.717) is 24.3 Å². The number of methoxy groups -OCH3 is 2. The Bertz CT molecular complexity index is 953. The molecule has 0 saturated carbocycles. The molecule has 3 atom stereocenters. The van der Waals surface area contributed by atoms with Gasteiger partial charge in [-0.2, -0.15) is 0 Å². The van der Waals surface area contributed by atoms with Crippen molar-refractivity contribution >= 4 is 12.1 Å². The minimum atomic E-state index is -0.626. The fourth-order valence-corrected chi connectivity index (χ4v) is 4.10. The van der Waals surface area contributed by atoms with Crippen LogP contribution < -0.4 is 14.8 Å². The van der Waals surface area contributed by atoms with Crippen molar-refractivity contribution in [3.8, 4) is 11.5 Å². The number of benzene rings is 2. The van der Waals surface area contributed by atoms with E-state index in [2.05, 4.69) is 5.32 Å². The van der Waals surface area contributed by atoms with Crippen molar-refractivity contribution in [1.82, 2.24) is 5.32 Å². The Hall–Kier alpha value is -3.22. The number of rotatable bonds is 8. The summed E-state index contributed by atoms with van der Waals surface area (Å²) in [6.45, 7) is 5.69. The van der Waals surface area contributed by atoms with E-state index in [-0.39, 0.29) is 24.5 Å². The third-order valence-corrected chi connectivity index (χ3v) is 5.69. The van der Waals surface area contributed by atoms with E-state index < -0.39 is 17.6 Å². The molecule has 2 aromatic rings. The van der Waals surface area contributed by atoms with Crippen molar-refractivity contribution in [1.29, 1.82) is 0 Å². The second-order valence-corrected chi connectivity index (χ2v) is 9.22. The standard InChI is InChI=1S/C26H33NO6/c1-26(2,3)33-25(29)27-22(13-17-9-7-6-8-10-17)21-16-32-24(28)20(21)14-18-11-12-19(30-4)15-23(18)31-5/h6-12,15,20-22H,13-14,16H2,1-5H3,(H,27,29)/t20-,21?,22+/m1/s1. The van der Waals surface area contributed by atoms with Gasteiger partial charge in [0.25, 0.3) is 0 Å². The van der Waals surface area contributed by atoms with Crippen LogP contribution in [0.3, 0.4) is 0 Å². The Morgan fingerprint density at radius 1 is 1.12 bits per heavy atom. The van der Waals surface area contributed by atoms with Crippen LogP contribution in [-0.2, 0) is 27.1 Å². The van der Waals surface area contributed by atoms with Gasteiger partial charge in [-0.3, -0.25) is 4.79 Å². The van der Waals surface area contributed by atoms with E-state index in [1.807, 2.05) is 63.2 Å². The molecule has 0 aliphatic carbocycles. The van der Waals surface area contributed by atoms with Crippen molar-refractivity contribution in [2.24, 2.45) is 11.8 Å². The molecule has 1 amide bonds. The second kappa shape index (κ2) is 10.6. The molecule has 0 radical (unpaired) electrons. The molecular formula is C26H33NO6. The van der Waals surface area contributed by atoms with Gasteiger partial charge in [0.1, 0.15) is 17.1 Å². The Kier molecular flexibility index (Phi) is 7.84. The summed E-state index contributed by atoms with van der Waals surface area (Å²) in [6, 6.07) is 15.0. The number of alkyl carbamates (subject to hydrolysis) is 1. The maximum Gasteiger partial charge on any atom is 0.407 e. The molecule has 178 valence electrons. The highest BCUT2D eigenvalue weighted by Crippen LogP contribution is 2.34. The molecule has 1 unspecified atom stereocenters. The van der Waals surface area contributed by atoms with Crippen LogP contribution in [0.5, 0.6) is 11.5 Å². The quantitative estimate of drug-likeness (QED) is 0.602. The third-order valence-electron chi connectivity index (χ3n) is 5.69. The van der Waals surface area contributed by atoms with Gasteiger partial charge in [0.05, 0.1) is 26.7 Å². The Balaban J connectivity index is 1.86. The van der Waals surface area contributed by atoms with Crippen molar-refractivity contribution in [2.45, 2.75) is 45.3 Å². The highest BCUT2D eigenvalue weighted by Gasteiger charge is 2.43. The molecule has 1 aliphatic rings. The van der Waals surface area contributed by atoms with Crippen LogP contribution in [0.4, 0.5) is 4.79 Å². The van der Waals surface area contributed by atoms with E-state index in [1.54, 1.807) is 20.3 Å². The summed E-state index contributed by atoms with van der Waals surface area (Å²) in [4.78, 5) is 25.4. The zero-order valence-corrected chi connectivity index (χ0v) is 19.9. The highest BCUT2D eigenvalue weighted by atomic mass is 16.6. The molecule has 1 saturated heterocycles. The summed E-state index contributed by atoms with van der Waals surface area (Å²) in [7, 11) is 3.18.